The van der Waals surface area contributed by atoms with Gasteiger partial charge in [-0.1, -0.05) is 13.8 Å². The SMILES string of the molecule is COCC(C(C)CO)C(C)Cn1ccc(=O)[nH]c1=O. The summed E-state index contributed by atoms with van der Waals surface area (Å²) in [7, 11) is 1.62. The highest BCUT2D eigenvalue weighted by Gasteiger charge is 2.23. The molecule has 0 aliphatic carbocycles. The molecule has 0 spiro atoms. The molecule has 1 heterocycles. The van der Waals surface area contributed by atoms with Gasteiger partial charge >= 0.3 is 5.69 Å². The lowest BCUT2D eigenvalue weighted by Crippen LogP contribution is -2.34. The van der Waals surface area contributed by atoms with E-state index in [4.69, 9.17) is 4.74 Å². The first-order valence-corrected chi connectivity index (χ1v) is 6.39. The molecular formula is C13H22N2O4. The quantitative estimate of drug-likeness (QED) is 0.734. The van der Waals surface area contributed by atoms with E-state index in [1.807, 2.05) is 13.8 Å². The van der Waals surface area contributed by atoms with E-state index in [2.05, 4.69) is 4.98 Å². The van der Waals surface area contributed by atoms with Crippen molar-refractivity contribution in [2.75, 3.05) is 20.3 Å². The monoisotopic (exact) mass is 270 g/mol. The summed E-state index contributed by atoms with van der Waals surface area (Å²) in [5, 5.41) is 9.27. The molecule has 1 rings (SSSR count). The molecule has 0 radical (unpaired) electrons. The number of aromatic amines is 1. The first-order valence-electron chi connectivity index (χ1n) is 6.39. The Balaban J connectivity index is 2.83. The standard InChI is InChI=1S/C13H22N2O4/c1-9(11(8-19-3)10(2)7-16)6-15-5-4-12(17)14-13(15)18/h4-5,9-11,16H,6-8H2,1-3H3,(H,14,17,18). The zero-order valence-electron chi connectivity index (χ0n) is 11.6. The number of hydrogen-bond donors (Lipinski definition) is 2. The molecule has 0 aromatic carbocycles. The first kappa shape index (κ1) is 15.7. The number of rotatable bonds is 7. The van der Waals surface area contributed by atoms with Crippen molar-refractivity contribution in [1.29, 1.82) is 0 Å². The van der Waals surface area contributed by atoms with Crippen LogP contribution in [0, 0.1) is 17.8 Å². The van der Waals surface area contributed by atoms with Crippen LogP contribution in [-0.4, -0.2) is 35.0 Å². The summed E-state index contributed by atoms with van der Waals surface area (Å²) < 4.78 is 6.65. The molecule has 1 aromatic heterocycles. The fourth-order valence-electron chi connectivity index (χ4n) is 2.25. The number of H-pyrrole nitrogens is 1. The van der Waals surface area contributed by atoms with E-state index < -0.39 is 11.2 Å². The number of hydrogen-bond acceptors (Lipinski definition) is 4. The highest BCUT2D eigenvalue weighted by Crippen LogP contribution is 2.22. The second kappa shape index (κ2) is 7.25. The van der Waals surface area contributed by atoms with E-state index in [0.717, 1.165) is 0 Å². The minimum Gasteiger partial charge on any atom is -0.396 e. The number of aliphatic hydroxyl groups excluding tert-OH is 1. The zero-order valence-corrected chi connectivity index (χ0v) is 11.6. The first-order chi connectivity index (χ1) is 8.99. The van der Waals surface area contributed by atoms with Crippen molar-refractivity contribution < 1.29 is 9.84 Å². The van der Waals surface area contributed by atoms with Crippen molar-refractivity contribution in [2.24, 2.45) is 17.8 Å². The smallest absolute Gasteiger partial charge is 0.328 e. The molecule has 3 atom stereocenters. The molecule has 0 aliphatic heterocycles. The molecule has 0 saturated carbocycles. The van der Waals surface area contributed by atoms with Crippen LogP contribution in [0.25, 0.3) is 0 Å². The van der Waals surface area contributed by atoms with Gasteiger partial charge in [0.05, 0.1) is 0 Å². The van der Waals surface area contributed by atoms with Gasteiger partial charge in [-0.15, -0.1) is 0 Å². The summed E-state index contributed by atoms with van der Waals surface area (Å²) >= 11 is 0. The minimum absolute atomic E-state index is 0.0822. The number of aliphatic hydroxyl groups is 1. The average Bonchev–Trinajstić information content (AvgIpc) is 2.38. The van der Waals surface area contributed by atoms with E-state index in [1.165, 1.54) is 16.8 Å². The second-order valence-corrected chi connectivity index (χ2v) is 5.02. The highest BCUT2D eigenvalue weighted by molar-refractivity contribution is 4.84. The van der Waals surface area contributed by atoms with Crippen LogP contribution >= 0.6 is 0 Å². The molecule has 6 nitrogen and oxygen atoms in total. The average molecular weight is 270 g/mol. The predicted octanol–water partition coefficient (Wildman–Crippen LogP) is 0.0637. The lowest BCUT2D eigenvalue weighted by molar-refractivity contribution is 0.0611. The summed E-state index contributed by atoms with van der Waals surface area (Å²) in [6, 6.07) is 1.33. The Bertz CT molecular complexity index is 494. The molecular weight excluding hydrogens is 248 g/mol. The molecule has 0 bridgehead atoms. The largest absolute Gasteiger partial charge is 0.396 e. The van der Waals surface area contributed by atoms with Crippen LogP contribution in [0.2, 0.25) is 0 Å². The fourth-order valence-corrected chi connectivity index (χ4v) is 2.25. The van der Waals surface area contributed by atoms with Crippen LogP contribution in [0.4, 0.5) is 0 Å². The third-order valence-electron chi connectivity index (χ3n) is 3.49. The molecule has 0 amide bonds. The maximum atomic E-state index is 11.6. The summed E-state index contributed by atoms with van der Waals surface area (Å²) in [4.78, 5) is 24.8. The van der Waals surface area contributed by atoms with Gasteiger partial charge in [-0.25, -0.2) is 4.79 Å². The van der Waals surface area contributed by atoms with Crippen LogP contribution in [0.15, 0.2) is 21.9 Å². The van der Waals surface area contributed by atoms with Gasteiger partial charge in [0.2, 0.25) is 0 Å². The lowest BCUT2D eigenvalue weighted by Gasteiger charge is -2.28. The van der Waals surface area contributed by atoms with Crippen LogP contribution in [0.5, 0.6) is 0 Å². The maximum absolute atomic E-state index is 11.6. The van der Waals surface area contributed by atoms with Crippen LogP contribution in [-0.2, 0) is 11.3 Å². The van der Waals surface area contributed by atoms with E-state index in [-0.39, 0.29) is 24.4 Å². The normalized spacial score (nSPS) is 16.0. The van der Waals surface area contributed by atoms with Crippen LogP contribution < -0.4 is 11.2 Å². The third-order valence-corrected chi connectivity index (χ3v) is 3.49. The van der Waals surface area contributed by atoms with Gasteiger partial charge in [0.15, 0.2) is 0 Å². The van der Waals surface area contributed by atoms with Gasteiger partial charge in [-0.3, -0.25) is 9.78 Å². The topological polar surface area (TPSA) is 84.3 Å². The van der Waals surface area contributed by atoms with Gasteiger partial charge in [0, 0.05) is 39.1 Å². The predicted molar refractivity (Wildman–Crippen MR) is 72.1 cm³/mol. The van der Waals surface area contributed by atoms with Crippen molar-refractivity contribution in [3.05, 3.63) is 33.1 Å². The number of aromatic nitrogens is 2. The van der Waals surface area contributed by atoms with E-state index in [0.29, 0.717) is 13.2 Å². The molecule has 19 heavy (non-hydrogen) atoms. The molecule has 0 saturated heterocycles. The second-order valence-electron chi connectivity index (χ2n) is 5.02. The van der Waals surface area contributed by atoms with Crippen molar-refractivity contribution in [1.82, 2.24) is 9.55 Å². The maximum Gasteiger partial charge on any atom is 0.328 e. The van der Waals surface area contributed by atoms with E-state index in [9.17, 15) is 14.7 Å². The van der Waals surface area contributed by atoms with Crippen molar-refractivity contribution >= 4 is 0 Å². The molecule has 0 fully saturated rings. The Labute approximate surface area is 112 Å². The fraction of sp³-hybridized carbons (Fsp3) is 0.692. The summed E-state index contributed by atoms with van der Waals surface area (Å²) in [6.45, 7) is 5.05. The molecule has 108 valence electrons. The van der Waals surface area contributed by atoms with Gasteiger partial charge < -0.3 is 14.4 Å². The Kier molecular flexibility index (Phi) is 5.98. The highest BCUT2D eigenvalue weighted by atomic mass is 16.5. The third kappa shape index (κ3) is 4.33. The van der Waals surface area contributed by atoms with Crippen molar-refractivity contribution in [2.45, 2.75) is 20.4 Å². The minimum atomic E-state index is -0.410. The molecule has 0 aliphatic rings. The Hall–Kier alpha value is -1.40. The molecule has 2 N–H and O–H groups in total. The Morgan fingerprint density at radius 2 is 2.05 bits per heavy atom. The molecule has 1 aromatic rings. The number of nitrogens with zero attached hydrogens (tertiary/aromatic N) is 1. The summed E-state index contributed by atoms with van der Waals surface area (Å²) in [5.74, 6) is 0.382. The number of methoxy groups -OCH3 is 1. The Morgan fingerprint density at radius 1 is 1.37 bits per heavy atom. The molecule has 3 unspecified atom stereocenters. The Morgan fingerprint density at radius 3 is 2.58 bits per heavy atom. The van der Waals surface area contributed by atoms with Crippen LogP contribution in [0.3, 0.4) is 0 Å². The van der Waals surface area contributed by atoms with Crippen LogP contribution in [0.1, 0.15) is 13.8 Å². The van der Waals surface area contributed by atoms with E-state index >= 15 is 0 Å². The van der Waals surface area contributed by atoms with Crippen molar-refractivity contribution in [3.8, 4) is 0 Å². The van der Waals surface area contributed by atoms with Gasteiger partial charge in [-0.2, -0.15) is 0 Å². The van der Waals surface area contributed by atoms with Gasteiger partial charge in [-0.05, 0) is 17.8 Å². The molecule has 6 heteroatoms. The summed E-state index contributed by atoms with van der Waals surface area (Å²) in [6.07, 6.45) is 1.49. The van der Waals surface area contributed by atoms with Gasteiger partial charge in [0.25, 0.3) is 5.56 Å². The lowest BCUT2D eigenvalue weighted by atomic mass is 9.84. The zero-order chi connectivity index (χ0) is 14.4. The van der Waals surface area contributed by atoms with Gasteiger partial charge in [0.1, 0.15) is 0 Å². The number of ether oxygens (including phenoxy) is 1. The van der Waals surface area contributed by atoms with Crippen molar-refractivity contribution in [3.63, 3.8) is 0 Å². The van der Waals surface area contributed by atoms with E-state index in [1.54, 1.807) is 7.11 Å². The summed E-state index contributed by atoms with van der Waals surface area (Å²) in [5.41, 5.74) is -0.807. The number of nitrogens with one attached hydrogen (secondary N) is 1.